The first-order valence-corrected chi connectivity index (χ1v) is 7.82. The molecule has 0 bridgehead atoms. The summed E-state index contributed by atoms with van der Waals surface area (Å²) in [5.74, 6) is 1.04. The Morgan fingerprint density at radius 2 is 1.29 bits per heavy atom. The summed E-state index contributed by atoms with van der Waals surface area (Å²) in [6, 6.07) is -0.958. The summed E-state index contributed by atoms with van der Waals surface area (Å²) in [7, 11) is 2.88. The van der Waals surface area contributed by atoms with Crippen molar-refractivity contribution in [1.82, 2.24) is 0 Å². The van der Waals surface area contributed by atoms with Crippen LogP contribution in [0.15, 0.2) is 0 Å². The Morgan fingerprint density at radius 3 is 1.50 bits per heavy atom. The van der Waals surface area contributed by atoms with Crippen molar-refractivity contribution in [2.75, 3.05) is 11.5 Å². The van der Waals surface area contributed by atoms with E-state index >= 15 is 0 Å². The Balaban J connectivity index is 3.47. The van der Waals surface area contributed by atoms with Crippen LogP contribution in [0.5, 0.6) is 0 Å². The molecule has 0 fully saturated rings. The fraction of sp³-hybridized carbons (Fsp3) is 0.667. The Kier molecular flexibility index (Phi) is 8.77. The maximum absolute atomic E-state index is 10.7. The number of carbonyl (C=O) groups excluding carboxylic acids is 2. The molecule has 80 valence electrons. The van der Waals surface area contributed by atoms with Gasteiger partial charge in [-0.3, -0.25) is 0 Å². The molecule has 0 aliphatic heterocycles. The van der Waals surface area contributed by atoms with Crippen molar-refractivity contribution >= 4 is 63.0 Å². The SMILES string of the molecule is N[C@@H](CSSC[C@H](N)C(=O)[Se])C(=O)[Se]. The third-order valence-corrected chi connectivity index (χ3v) is 4.93. The molecule has 14 heavy (non-hydrogen) atoms. The van der Waals surface area contributed by atoms with Crippen molar-refractivity contribution in [2.45, 2.75) is 12.1 Å². The number of hydrogen-bond acceptors (Lipinski definition) is 6. The van der Waals surface area contributed by atoms with Crippen LogP contribution in [0.4, 0.5) is 0 Å². The molecule has 0 spiro atoms. The van der Waals surface area contributed by atoms with E-state index in [1.165, 1.54) is 21.6 Å². The second-order valence-corrected chi connectivity index (χ2v) is 6.66. The minimum absolute atomic E-state index is 0.151. The normalized spacial score (nSPS) is 14.7. The quantitative estimate of drug-likeness (QED) is 0.322. The summed E-state index contributed by atoms with van der Waals surface area (Å²) in [6.45, 7) is 0. The molecule has 0 amide bonds. The molecule has 0 aromatic rings. The number of rotatable bonds is 7. The van der Waals surface area contributed by atoms with E-state index in [-0.39, 0.29) is 9.36 Å². The summed E-state index contributed by atoms with van der Waals surface area (Å²) in [5.41, 5.74) is 10.9. The van der Waals surface area contributed by atoms with E-state index in [1.54, 1.807) is 0 Å². The van der Waals surface area contributed by atoms with Gasteiger partial charge in [-0.25, -0.2) is 0 Å². The van der Waals surface area contributed by atoms with Crippen molar-refractivity contribution < 1.29 is 9.59 Å². The number of hydrogen-bond donors (Lipinski definition) is 2. The predicted molar refractivity (Wildman–Crippen MR) is 62.4 cm³/mol. The molecule has 8 heteroatoms. The molecule has 0 aromatic carbocycles. The molecule has 0 saturated heterocycles. The van der Waals surface area contributed by atoms with Crippen molar-refractivity contribution in [3.63, 3.8) is 0 Å². The third-order valence-electron chi connectivity index (χ3n) is 1.18. The molecule has 4 N–H and O–H groups in total. The van der Waals surface area contributed by atoms with Crippen molar-refractivity contribution in [1.29, 1.82) is 0 Å². The Morgan fingerprint density at radius 1 is 1.00 bits per heavy atom. The van der Waals surface area contributed by atoms with Crippen LogP contribution in [-0.2, 0) is 9.59 Å². The van der Waals surface area contributed by atoms with Gasteiger partial charge in [0.2, 0.25) is 0 Å². The summed E-state index contributed by atoms with van der Waals surface area (Å²) < 4.78 is -0.301. The van der Waals surface area contributed by atoms with Crippen LogP contribution in [0.2, 0.25) is 0 Å². The van der Waals surface area contributed by atoms with E-state index in [1.807, 2.05) is 0 Å². The van der Waals surface area contributed by atoms with Gasteiger partial charge in [0.25, 0.3) is 0 Å². The molecular formula is C6H10N2O2S2Se2. The average molecular weight is 364 g/mol. The summed E-state index contributed by atoms with van der Waals surface area (Å²) >= 11 is 4.67. The van der Waals surface area contributed by atoms with Gasteiger partial charge in [-0.15, -0.1) is 0 Å². The Labute approximate surface area is 107 Å². The predicted octanol–water partition coefficient (Wildman–Crippen LogP) is -1.59. The molecule has 0 heterocycles. The van der Waals surface area contributed by atoms with Crippen molar-refractivity contribution in [3.8, 4) is 0 Å². The van der Waals surface area contributed by atoms with Gasteiger partial charge in [0, 0.05) is 0 Å². The van der Waals surface area contributed by atoms with Gasteiger partial charge in [-0.1, -0.05) is 0 Å². The van der Waals surface area contributed by atoms with E-state index in [0.717, 1.165) is 0 Å². The van der Waals surface area contributed by atoms with Crippen LogP contribution >= 0.6 is 21.6 Å². The number of nitrogens with two attached hydrogens (primary N) is 2. The van der Waals surface area contributed by atoms with E-state index in [2.05, 4.69) is 32.0 Å². The molecule has 0 aliphatic carbocycles. The molecule has 0 aliphatic rings. The first-order valence-electron chi connectivity index (χ1n) is 3.62. The fourth-order valence-electron chi connectivity index (χ4n) is 0.379. The average Bonchev–Trinajstić information content (AvgIpc) is 2.11. The van der Waals surface area contributed by atoms with Gasteiger partial charge in [-0.05, 0) is 0 Å². The zero-order chi connectivity index (χ0) is 11.1. The molecule has 2 radical (unpaired) electrons. The van der Waals surface area contributed by atoms with Crippen molar-refractivity contribution in [3.05, 3.63) is 0 Å². The van der Waals surface area contributed by atoms with Crippen LogP contribution in [0.25, 0.3) is 0 Å². The third kappa shape index (κ3) is 7.31. The second kappa shape index (κ2) is 8.19. The Hall–Kier alpha value is 0.999. The monoisotopic (exact) mass is 366 g/mol. The minimum atomic E-state index is -0.479. The molecule has 0 unspecified atom stereocenters. The molecule has 0 aromatic heterocycles. The van der Waals surface area contributed by atoms with E-state index in [0.29, 0.717) is 11.5 Å². The first-order chi connectivity index (χ1) is 6.45. The van der Waals surface area contributed by atoms with E-state index in [4.69, 9.17) is 11.5 Å². The fourth-order valence-corrected chi connectivity index (χ4v) is 3.45. The van der Waals surface area contributed by atoms with Gasteiger partial charge in [0.15, 0.2) is 0 Å². The molecule has 0 saturated carbocycles. The van der Waals surface area contributed by atoms with Crippen LogP contribution in [0.1, 0.15) is 0 Å². The van der Waals surface area contributed by atoms with Crippen molar-refractivity contribution in [2.24, 2.45) is 11.5 Å². The van der Waals surface area contributed by atoms with Gasteiger partial charge in [-0.2, -0.15) is 0 Å². The standard InChI is InChI=1S/C6H10N2O2S2Se2/c7-3(5(9)13)1-11-12-2-4(8)6(10)14/h3-4H,1-2,7-8H2/t3-,4-/m0/s1. The topological polar surface area (TPSA) is 86.2 Å². The van der Waals surface area contributed by atoms with Gasteiger partial charge in [0.1, 0.15) is 0 Å². The summed E-state index contributed by atoms with van der Waals surface area (Å²) in [5, 5.41) is 0. The molecule has 2 atom stereocenters. The van der Waals surface area contributed by atoms with E-state index in [9.17, 15) is 9.59 Å². The number of carbonyl (C=O) groups is 2. The Bertz CT molecular complexity index is 196. The van der Waals surface area contributed by atoms with Gasteiger partial charge >= 0.3 is 108 Å². The molecular weight excluding hydrogens is 354 g/mol. The molecule has 0 rings (SSSR count). The summed E-state index contributed by atoms with van der Waals surface area (Å²) in [4.78, 5) is 21.4. The van der Waals surface area contributed by atoms with E-state index < -0.39 is 12.1 Å². The first kappa shape index (κ1) is 15.0. The van der Waals surface area contributed by atoms with Crippen LogP contribution in [0.3, 0.4) is 0 Å². The van der Waals surface area contributed by atoms with Gasteiger partial charge in [0.05, 0.1) is 0 Å². The maximum atomic E-state index is 10.7. The zero-order valence-electron chi connectivity index (χ0n) is 7.17. The van der Waals surface area contributed by atoms with Gasteiger partial charge < -0.3 is 0 Å². The van der Waals surface area contributed by atoms with Crippen LogP contribution in [0, 0.1) is 0 Å². The summed E-state index contributed by atoms with van der Waals surface area (Å²) in [6.07, 6.45) is 0. The second-order valence-electron chi connectivity index (χ2n) is 2.42. The molecule has 4 nitrogen and oxygen atoms in total. The zero-order valence-corrected chi connectivity index (χ0v) is 12.2. The van der Waals surface area contributed by atoms with Crippen LogP contribution in [-0.4, -0.2) is 65.0 Å². The van der Waals surface area contributed by atoms with Crippen LogP contribution < -0.4 is 11.5 Å².